The van der Waals surface area contributed by atoms with E-state index in [0.717, 1.165) is 33.4 Å². The number of fused-ring (bicyclic) bond motifs is 1. The molecule has 0 saturated heterocycles. The van der Waals surface area contributed by atoms with Crippen molar-refractivity contribution in [3.8, 4) is 17.0 Å². The molecule has 9 heteroatoms. The average molecular weight is 411 g/mol. The van der Waals surface area contributed by atoms with Gasteiger partial charge in [0, 0.05) is 31.3 Å². The SMILES string of the molecule is COCc1cc(CN(C)C(=O)c2csc3nc(-c4ccccc4OC)cn23)[nH]n1. The number of nitrogens with one attached hydrogen (secondary N) is 1. The van der Waals surface area contributed by atoms with Crippen molar-refractivity contribution in [1.82, 2.24) is 24.5 Å². The molecule has 1 amide bonds. The van der Waals surface area contributed by atoms with Gasteiger partial charge in [0.05, 0.1) is 37.3 Å². The number of hydrogen-bond donors (Lipinski definition) is 1. The molecule has 3 heterocycles. The Labute approximate surface area is 171 Å². The summed E-state index contributed by atoms with van der Waals surface area (Å²) in [5, 5.41) is 8.94. The number of benzene rings is 1. The van der Waals surface area contributed by atoms with Crippen molar-refractivity contribution >= 4 is 22.2 Å². The second kappa shape index (κ2) is 8.06. The van der Waals surface area contributed by atoms with Crippen LogP contribution in [0.15, 0.2) is 41.9 Å². The van der Waals surface area contributed by atoms with E-state index in [9.17, 15) is 4.79 Å². The number of nitrogens with zero attached hydrogens (tertiary/aromatic N) is 4. The second-order valence-corrected chi connectivity index (χ2v) is 7.42. The lowest BCUT2D eigenvalue weighted by atomic mass is 10.1. The van der Waals surface area contributed by atoms with Gasteiger partial charge in [0.25, 0.3) is 5.91 Å². The van der Waals surface area contributed by atoms with E-state index in [2.05, 4.69) is 15.2 Å². The molecule has 0 bridgehead atoms. The molecular formula is C20H21N5O3S. The van der Waals surface area contributed by atoms with E-state index in [1.54, 1.807) is 26.2 Å². The Hall–Kier alpha value is -3.17. The zero-order valence-corrected chi connectivity index (χ0v) is 17.2. The Bertz CT molecular complexity index is 1150. The molecular weight excluding hydrogens is 390 g/mol. The monoisotopic (exact) mass is 411 g/mol. The zero-order chi connectivity index (χ0) is 20.4. The Kier molecular flexibility index (Phi) is 5.32. The van der Waals surface area contributed by atoms with Gasteiger partial charge in [0.1, 0.15) is 11.4 Å². The van der Waals surface area contributed by atoms with Crippen molar-refractivity contribution < 1.29 is 14.3 Å². The van der Waals surface area contributed by atoms with Crippen LogP contribution in [0.3, 0.4) is 0 Å². The van der Waals surface area contributed by atoms with Gasteiger partial charge in [0.15, 0.2) is 4.96 Å². The van der Waals surface area contributed by atoms with Gasteiger partial charge in [-0.25, -0.2) is 4.98 Å². The minimum absolute atomic E-state index is 0.0943. The molecule has 4 aromatic rings. The van der Waals surface area contributed by atoms with Crippen LogP contribution in [0.2, 0.25) is 0 Å². The summed E-state index contributed by atoms with van der Waals surface area (Å²) in [6.45, 7) is 0.848. The summed E-state index contributed by atoms with van der Waals surface area (Å²) in [7, 11) is 5.02. The number of hydrogen-bond acceptors (Lipinski definition) is 6. The maximum absolute atomic E-state index is 13.0. The number of aromatic nitrogens is 4. The first-order valence-electron chi connectivity index (χ1n) is 8.98. The summed E-state index contributed by atoms with van der Waals surface area (Å²) in [5.41, 5.74) is 3.87. The van der Waals surface area contributed by atoms with Crippen molar-refractivity contribution in [2.75, 3.05) is 21.3 Å². The number of aromatic amines is 1. The highest BCUT2D eigenvalue weighted by Gasteiger charge is 2.20. The van der Waals surface area contributed by atoms with E-state index in [4.69, 9.17) is 9.47 Å². The van der Waals surface area contributed by atoms with Crippen molar-refractivity contribution in [3.05, 3.63) is 59.0 Å². The third kappa shape index (κ3) is 3.74. The van der Waals surface area contributed by atoms with E-state index in [1.165, 1.54) is 11.3 Å². The van der Waals surface area contributed by atoms with Crippen LogP contribution < -0.4 is 4.74 Å². The normalized spacial score (nSPS) is 11.1. The molecule has 8 nitrogen and oxygen atoms in total. The van der Waals surface area contributed by atoms with Crippen LogP contribution in [-0.4, -0.2) is 51.7 Å². The fourth-order valence-electron chi connectivity index (χ4n) is 3.16. The third-order valence-electron chi connectivity index (χ3n) is 4.54. The number of para-hydroxylation sites is 1. The highest BCUT2D eigenvalue weighted by Crippen LogP contribution is 2.30. The van der Waals surface area contributed by atoms with Gasteiger partial charge < -0.3 is 14.4 Å². The van der Waals surface area contributed by atoms with Crippen LogP contribution >= 0.6 is 11.3 Å². The number of carbonyl (C=O) groups is 1. The van der Waals surface area contributed by atoms with Gasteiger partial charge >= 0.3 is 0 Å². The molecule has 150 valence electrons. The summed E-state index contributed by atoms with van der Waals surface area (Å²) < 4.78 is 12.3. The number of imidazole rings is 1. The van der Waals surface area contributed by atoms with Gasteiger partial charge in [0.2, 0.25) is 0 Å². The molecule has 0 saturated carbocycles. The fourth-order valence-corrected chi connectivity index (χ4v) is 4.01. The lowest BCUT2D eigenvalue weighted by molar-refractivity contribution is 0.0777. The van der Waals surface area contributed by atoms with Gasteiger partial charge in [-0.3, -0.25) is 14.3 Å². The predicted molar refractivity (Wildman–Crippen MR) is 110 cm³/mol. The van der Waals surface area contributed by atoms with Crippen LogP contribution in [0.1, 0.15) is 21.9 Å². The summed E-state index contributed by atoms with van der Waals surface area (Å²) in [4.78, 5) is 20.1. The first-order valence-corrected chi connectivity index (χ1v) is 9.86. The largest absolute Gasteiger partial charge is 0.496 e. The lowest BCUT2D eigenvalue weighted by Crippen LogP contribution is -2.27. The Morgan fingerprint density at radius 3 is 2.93 bits per heavy atom. The highest BCUT2D eigenvalue weighted by molar-refractivity contribution is 7.15. The number of methoxy groups -OCH3 is 2. The van der Waals surface area contributed by atoms with E-state index >= 15 is 0 Å². The van der Waals surface area contributed by atoms with Crippen molar-refractivity contribution in [3.63, 3.8) is 0 Å². The highest BCUT2D eigenvalue weighted by atomic mass is 32.1. The summed E-state index contributed by atoms with van der Waals surface area (Å²) in [6.07, 6.45) is 1.87. The molecule has 0 unspecified atom stereocenters. The predicted octanol–water partition coefficient (Wildman–Crippen LogP) is 3.21. The number of amides is 1. The molecule has 0 aliphatic rings. The van der Waals surface area contributed by atoms with Gasteiger partial charge in [-0.15, -0.1) is 11.3 Å². The minimum atomic E-state index is -0.0943. The quantitative estimate of drug-likeness (QED) is 0.505. The maximum atomic E-state index is 13.0. The molecule has 3 aromatic heterocycles. The van der Waals surface area contributed by atoms with E-state index in [-0.39, 0.29) is 5.91 Å². The second-order valence-electron chi connectivity index (χ2n) is 6.58. The molecule has 1 aromatic carbocycles. The van der Waals surface area contributed by atoms with Gasteiger partial charge in [-0.05, 0) is 18.2 Å². The van der Waals surface area contributed by atoms with Gasteiger partial charge in [-0.1, -0.05) is 12.1 Å². The Balaban J connectivity index is 1.58. The molecule has 0 aliphatic carbocycles. The summed E-state index contributed by atoms with van der Waals surface area (Å²) >= 11 is 1.43. The Morgan fingerprint density at radius 2 is 2.14 bits per heavy atom. The molecule has 1 N–H and O–H groups in total. The van der Waals surface area contributed by atoms with Crippen molar-refractivity contribution in [1.29, 1.82) is 0 Å². The van der Waals surface area contributed by atoms with E-state index in [0.29, 0.717) is 18.8 Å². The molecule has 4 rings (SSSR count). The standard InChI is InChI=1S/C20H21N5O3S/c1-24(9-13-8-14(11-27-2)23-22-13)19(26)17-12-29-20-21-16(10-25(17)20)15-6-4-5-7-18(15)28-3/h4-8,10,12H,9,11H2,1-3H3,(H,22,23). The number of carbonyl (C=O) groups excluding carboxylic acids is 1. The van der Waals surface area contributed by atoms with Crippen molar-refractivity contribution in [2.45, 2.75) is 13.2 Å². The molecule has 0 fully saturated rings. The number of thiazole rings is 1. The smallest absolute Gasteiger partial charge is 0.271 e. The Morgan fingerprint density at radius 1 is 1.31 bits per heavy atom. The van der Waals surface area contributed by atoms with Crippen molar-refractivity contribution in [2.24, 2.45) is 0 Å². The minimum Gasteiger partial charge on any atom is -0.496 e. The average Bonchev–Trinajstić information content (AvgIpc) is 3.43. The molecule has 0 radical (unpaired) electrons. The first-order chi connectivity index (χ1) is 14.1. The van der Waals surface area contributed by atoms with Gasteiger partial charge in [-0.2, -0.15) is 5.10 Å². The van der Waals surface area contributed by atoms with E-state index < -0.39 is 0 Å². The molecule has 0 spiro atoms. The van der Waals surface area contributed by atoms with Crippen LogP contribution in [0.4, 0.5) is 0 Å². The molecule has 29 heavy (non-hydrogen) atoms. The fraction of sp³-hybridized carbons (Fsp3) is 0.250. The zero-order valence-electron chi connectivity index (χ0n) is 16.4. The van der Waals surface area contributed by atoms with Crippen LogP contribution in [-0.2, 0) is 17.9 Å². The van der Waals surface area contributed by atoms with Crippen LogP contribution in [0, 0.1) is 0 Å². The summed E-state index contributed by atoms with van der Waals surface area (Å²) in [5.74, 6) is 0.650. The molecule has 0 atom stereocenters. The van der Waals surface area contributed by atoms with E-state index in [1.807, 2.05) is 46.3 Å². The van der Waals surface area contributed by atoms with Crippen LogP contribution in [0.25, 0.3) is 16.2 Å². The summed E-state index contributed by atoms with van der Waals surface area (Å²) in [6, 6.07) is 9.60. The number of ether oxygens (including phenoxy) is 2. The lowest BCUT2D eigenvalue weighted by Gasteiger charge is -2.15. The topological polar surface area (TPSA) is 84.7 Å². The maximum Gasteiger partial charge on any atom is 0.271 e. The molecule has 0 aliphatic heterocycles. The third-order valence-corrected chi connectivity index (χ3v) is 5.38. The first kappa shape index (κ1) is 19.2. The number of H-pyrrole nitrogens is 1. The van der Waals surface area contributed by atoms with Crippen LogP contribution in [0.5, 0.6) is 5.75 Å². The number of rotatable bonds is 7.